The Kier molecular flexibility index (Phi) is 4.76. The van der Waals surface area contributed by atoms with Gasteiger partial charge in [0.05, 0.1) is 12.8 Å². The minimum absolute atomic E-state index is 0.223. The van der Waals surface area contributed by atoms with Gasteiger partial charge < -0.3 is 15.4 Å². The first-order valence-electron chi connectivity index (χ1n) is 8.03. The number of hydrogen-bond donors (Lipinski definition) is 3. The Morgan fingerprint density at radius 3 is 2.70 bits per heavy atom. The van der Waals surface area contributed by atoms with Crippen LogP contribution in [0.5, 0.6) is 5.88 Å². The molecular formula is C16H22N4O3. The van der Waals surface area contributed by atoms with E-state index in [-0.39, 0.29) is 11.8 Å². The van der Waals surface area contributed by atoms with Crippen LogP contribution < -0.4 is 20.7 Å². The number of imide groups is 1. The van der Waals surface area contributed by atoms with E-state index in [1.807, 2.05) is 12.1 Å². The predicted molar refractivity (Wildman–Crippen MR) is 85.4 cm³/mol. The molecule has 2 aliphatic heterocycles. The molecule has 2 saturated heterocycles. The smallest absolute Gasteiger partial charge is 0.249 e. The monoisotopic (exact) mass is 318 g/mol. The molecule has 2 fully saturated rings. The average Bonchev–Trinajstić information content (AvgIpc) is 2.58. The number of aromatic nitrogens is 1. The van der Waals surface area contributed by atoms with E-state index >= 15 is 0 Å². The Labute approximate surface area is 135 Å². The number of pyridine rings is 1. The molecule has 1 aromatic heterocycles. The fourth-order valence-corrected chi connectivity index (χ4v) is 3.08. The first-order chi connectivity index (χ1) is 11.2. The molecule has 0 bridgehead atoms. The summed E-state index contributed by atoms with van der Waals surface area (Å²) in [5.74, 6) is 0.408. The molecule has 2 amide bonds. The molecule has 1 aromatic rings. The van der Waals surface area contributed by atoms with Gasteiger partial charge in [-0.1, -0.05) is 0 Å². The lowest BCUT2D eigenvalue weighted by atomic mass is 9.94. The van der Waals surface area contributed by atoms with Crippen LogP contribution in [0, 0.1) is 0 Å². The third-order valence-electron chi connectivity index (χ3n) is 4.40. The summed E-state index contributed by atoms with van der Waals surface area (Å²) in [6, 6.07) is 3.47. The number of nitrogens with zero attached hydrogens (tertiary/aromatic N) is 1. The molecule has 0 radical (unpaired) electrons. The van der Waals surface area contributed by atoms with Crippen LogP contribution in [-0.2, 0) is 9.59 Å². The molecule has 7 nitrogen and oxygen atoms in total. The van der Waals surface area contributed by atoms with Gasteiger partial charge in [0.1, 0.15) is 6.04 Å². The largest absolute Gasteiger partial charge is 0.480 e. The molecule has 3 heterocycles. The van der Waals surface area contributed by atoms with Crippen LogP contribution in [0.3, 0.4) is 0 Å². The van der Waals surface area contributed by atoms with Gasteiger partial charge in [0.2, 0.25) is 17.7 Å². The molecule has 0 aromatic carbocycles. The van der Waals surface area contributed by atoms with Crippen molar-refractivity contribution < 1.29 is 14.3 Å². The van der Waals surface area contributed by atoms with E-state index in [1.165, 1.54) is 0 Å². The Hall–Kier alpha value is -2.15. The summed E-state index contributed by atoms with van der Waals surface area (Å²) in [4.78, 5) is 27.7. The molecule has 124 valence electrons. The van der Waals surface area contributed by atoms with Gasteiger partial charge in [0.25, 0.3) is 0 Å². The predicted octanol–water partition coefficient (Wildman–Crippen LogP) is 0.774. The number of nitrogens with one attached hydrogen (secondary N) is 3. The summed E-state index contributed by atoms with van der Waals surface area (Å²) in [6.45, 7) is 2.01. The van der Waals surface area contributed by atoms with Crippen molar-refractivity contribution in [3.8, 4) is 5.88 Å². The van der Waals surface area contributed by atoms with E-state index in [0.29, 0.717) is 30.3 Å². The summed E-state index contributed by atoms with van der Waals surface area (Å²) < 4.78 is 5.39. The molecule has 7 heteroatoms. The molecular weight excluding hydrogens is 296 g/mol. The Bertz CT molecular complexity index is 599. The minimum atomic E-state index is -0.437. The Balaban J connectivity index is 1.74. The lowest BCUT2D eigenvalue weighted by Gasteiger charge is -2.25. The maximum Gasteiger partial charge on any atom is 0.249 e. The SMILES string of the molecule is COc1nc(C2CCNCC2)ccc1NC1CCC(=O)NC1=O. The summed E-state index contributed by atoms with van der Waals surface area (Å²) in [5.41, 5.74) is 1.71. The fourth-order valence-electron chi connectivity index (χ4n) is 3.08. The maximum atomic E-state index is 11.9. The molecule has 1 atom stereocenters. The second-order valence-corrected chi connectivity index (χ2v) is 5.97. The van der Waals surface area contributed by atoms with Crippen molar-refractivity contribution in [1.29, 1.82) is 0 Å². The highest BCUT2D eigenvalue weighted by Gasteiger charge is 2.27. The number of anilines is 1. The van der Waals surface area contributed by atoms with Crippen molar-refractivity contribution in [2.75, 3.05) is 25.5 Å². The van der Waals surface area contributed by atoms with Gasteiger partial charge in [-0.2, -0.15) is 0 Å². The highest BCUT2D eigenvalue weighted by atomic mass is 16.5. The van der Waals surface area contributed by atoms with Gasteiger partial charge in [0.15, 0.2) is 0 Å². The van der Waals surface area contributed by atoms with Gasteiger partial charge in [0, 0.05) is 18.0 Å². The second-order valence-electron chi connectivity index (χ2n) is 5.97. The van der Waals surface area contributed by atoms with Crippen molar-refractivity contribution >= 4 is 17.5 Å². The molecule has 0 spiro atoms. The zero-order valence-electron chi connectivity index (χ0n) is 13.2. The molecule has 2 aliphatic rings. The van der Waals surface area contributed by atoms with Crippen molar-refractivity contribution in [3.63, 3.8) is 0 Å². The van der Waals surface area contributed by atoms with Crippen LogP contribution in [-0.4, -0.2) is 43.0 Å². The Morgan fingerprint density at radius 1 is 1.22 bits per heavy atom. The van der Waals surface area contributed by atoms with Crippen molar-refractivity contribution in [3.05, 3.63) is 17.8 Å². The van der Waals surface area contributed by atoms with Crippen LogP contribution >= 0.6 is 0 Å². The quantitative estimate of drug-likeness (QED) is 0.710. The molecule has 0 aliphatic carbocycles. The normalized spacial score (nSPS) is 22.6. The summed E-state index contributed by atoms with van der Waals surface area (Å²) in [7, 11) is 1.57. The average molecular weight is 318 g/mol. The molecule has 0 saturated carbocycles. The lowest BCUT2D eigenvalue weighted by molar-refractivity contribution is -0.133. The molecule has 23 heavy (non-hydrogen) atoms. The van der Waals surface area contributed by atoms with Gasteiger partial charge in [-0.3, -0.25) is 14.9 Å². The number of ether oxygens (including phenoxy) is 1. The summed E-state index contributed by atoms with van der Waals surface area (Å²) >= 11 is 0. The van der Waals surface area contributed by atoms with Crippen molar-refractivity contribution in [2.45, 2.75) is 37.6 Å². The van der Waals surface area contributed by atoms with Gasteiger partial charge in [-0.25, -0.2) is 4.98 Å². The van der Waals surface area contributed by atoms with E-state index < -0.39 is 6.04 Å². The van der Waals surface area contributed by atoms with Crippen LogP contribution in [0.2, 0.25) is 0 Å². The number of carbonyl (C=O) groups is 2. The minimum Gasteiger partial charge on any atom is -0.480 e. The van der Waals surface area contributed by atoms with Crippen LogP contribution in [0.15, 0.2) is 12.1 Å². The third kappa shape index (κ3) is 3.61. The van der Waals surface area contributed by atoms with E-state index in [4.69, 9.17) is 4.74 Å². The van der Waals surface area contributed by atoms with Crippen molar-refractivity contribution in [1.82, 2.24) is 15.6 Å². The first-order valence-corrected chi connectivity index (χ1v) is 8.03. The van der Waals surface area contributed by atoms with E-state index in [0.717, 1.165) is 31.6 Å². The lowest BCUT2D eigenvalue weighted by Crippen LogP contribution is -2.47. The molecule has 3 N–H and O–H groups in total. The van der Waals surface area contributed by atoms with Crippen LogP contribution in [0.25, 0.3) is 0 Å². The van der Waals surface area contributed by atoms with E-state index in [1.54, 1.807) is 7.11 Å². The van der Waals surface area contributed by atoms with Gasteiger partial charge >= 0.3 is 0 Å². The second kappa shape index (κ2) is 6.95. The number of piperidine rings is 2. The molecule has 1 unspecified atom stereocenters. The maximum absolute atomic E-state index is 11.9. The van der Waals surface area contributed by atoms with Crippen molar-refractivity contribution in [2.24, 2.45) is 0 Å². The number of methoxy groups -OCH3 is 1. The zero-order chi connectivity index (χ0) is 16.2. The van der Waals surface area contributed by atoms with Gasteiger partial charge in [-0.15, -0.1) is 0 Å². The molecule has 3 rings (SSSR count). The highest BCUT2D eigenvalue weighted by molar-refractivity contribution is 6.01. The fraction of sp³-hybridized carbons (Fsp3) is 0.562. The number of hydrogen-bond acceptors (Lipinski definition) is 6. The number of rotatable bonds is 4. The number of carbonyl (C=O) groups excluding carboxylic acids is 2. The van der Waals surface area contributed by atoms with E-state index in [9.17, 15) is 9.59 Å². The first kappa shape index (κ1) is 15.7. The van der Waals surface area contributed by atoms with Gasteiger partial charge in [-0.05, 0) is 44.5 Å². The topological polar surface area (TPSA) is 92.3 Å². The summed E-state index contributed by atoms with van der Waals surface area (Å²) in [6.07, 6.45) is 2.95. The Morgan fingerprint density at radius 2 is 2.00 bits per heavy atom. The third-order valence-corrected chi connectivity index (χ3v) is 4.40. The number of amides is 2. The van der Waals surface area contributed by atoms with Crippen LogP contribution in [0.4, 0.5) is 5.69 Å². The van der Waals surface area contributed by atoms with E-state index in [2.05, 4.69) is 20.9 Å². The highest BCUT2D eigenvalue weighted by Crippen LogP contribution is 2.30. The summed E-state index contributed by atoms with van der Waals surface area (Å²) in [5, 5.41) is 8.82. The van der Waals surface area contributed by atoms with Crippen LogP contribution in [0.1, 0.15) is 37.3 Å². The standard InChI is InChI=1S/C16H22N4O3/c1-23-16-13(18-12-4-5-14(21)20-15(12)22)3-2-11(19-16)10-6-8-17-9-7-10/h2-3,10,12,17-18H,4-9H2,1H3,(H,20,21,22). The zero-order valence-corrected chi connectivity index (χ0v) is 13.2.